The van der Waals surface area contributed by atoms with Crippen molar-refractivity contribution in [3.8, 4) is 11.3 Å². The summed E-state index contributed by atoms with van der Waals surface area (Å²) in [6.07, 6.45) is 11.4. The van der Waals surface area contributed by atoms with Crippen molar-refractivity contribution in [3.63, 3.8) is 0 Å². The first-order valence-electron chi connectivity index (χ1n) is 8.55. The van der Waals surface area contributed by atoms with Gasteiger partial charge in [-0.05, 0) is 12.8 Å². The van der Waals surface area contributed by atoms with Gasteiger partial charge in [0.25, 0.3) is 5.56 Å². The van der Waals surface area contributed by atoms with Crippen LogP contribution in [0.3, 0.4) is 0 Å². The average Bonchev–Trinajstić information content (AvgIpc) is 2.62. The van der Waals surface area contributed by atoms with Gasteiger partial charge in [-0.2, -0.15) is 0 Å². The molecule has 1 fully saturated rings. The third-order valence-corrected chi connectivity index (χ3v) is 6.09. The number of hydrogen-bond acceptors (Lipinski definition) is 5. The Balaban J connectivity index is 1.85. The van der Waals surface area contributed by atoms with Gasteiger partial charge >= 0.3 is 0 Å². The monoisotopic (exact) mass is 342 g/mol. The molecule has 0 radical (unpaired) electrons. The Labute approximate surface area is 146 Å². The minimum atomic E-state index is 0.145. The van der Waals surface area contributed by atoms with Crippen molar-refractivity contribution in [2.45, 2.75) is 48.8 Å². The Hall–Kier alpha value is -1.82. The van der Waals surface area contributed by atoms with Crippen LogP contribution in [0.5, 0.6) is 0 Å². The zero-order valence-electron chi connectivity index (χ0n) is 14.2. The molecule has 0 amide bonds. The molecule has 0 aromatic carbocycles. The average molecular weight is 342 g/mol. The lowest BCUT2D eigenvalue weighted by atomic mass is 9.95. The van der Waals surface area contributed by atoms with Crippen molar-refractivity contribution in [1.29, 1.82) is 0 Å². The summed E-state index contributed by atoms with van der Waals surface area (Å²) in [5, 5.41) is 0. The molecule has 126 valence electrons. The summed E-state index contributed by atoms with van der Waals surface area (Å²) >= 11 is 1.69. The SMILES string of the molecule is CN(C)c1cncc2c1-c1ncn(C3CCCCC3)c(=O)c1CS2. The molecule has 4 rings (SSSR count). The van der Waals surface area contributed by atoms with Crippen LogP contribution >= 0.6 is 11.8 Å². The van der Waals surface area contributed by atoms with E-state index in [0.29, 0.717) is 11.8 Å². The van der Waals surface area contributed by atoms with E-state index in [1.165, 1.54) is 19.3 Å². The zero-order chi connectivity index (χ0) is 16.7. The minimum Gasteiger partial charge on any atom is -0.376 e. The van der Waals surface area contributed by atoms with Crippen molar-refractivity contribution in [2.75, 3.05) is 19.0 Å². The highest BCUT2D eigenvalue weighted by atomic mass is 32.2. The number of aromatic nitrogens is 3. The van der Waals surface area contributed by atoms with Gasteiger partial charge in [0.05, 0.1) is 29.5 Å². The van der Waals surface area contributed by atoms with E-state index in [9.17, 15) is 4.79 Å². The van der Waals surface area contributed by atoms with Crippen molar-refractivity contribution < 1.29 is 0 Å². The molecular formula is C18H22N4OS. The molecule has 6 heteroatoms. The van der Waals surface area contributed by atoms with Gasteiger partial charge in [-0.15, -0.1) is 11.8 Å². The maximum Gasteiger partial charge on any atom is 0.258 e. The second kappa shape index (κ2) is 6.24. The predicted molar refractivity (Wildman–Crippen MR) is 97.7 cm³/mol. The molecule has 5 nitrogen and oxygen atoms in total. The molecule has 0 spiro atoms. The molecular weight excluding hydrogens is 320 g/mol. The van der Waals surface area contributed by atoms with Crippen LogP contribution in [0.25, 0.3) is 11.3 Å². The summed E-state index contributed by atoms with van der Waals surface area (Å²) in [4.78, 5) is 25.3. The number of pyridine rings is 1. The normalized spacial score (nSPS) is 17.2. The molecule has 1 saturated carbocycles. The lowest BCUT2D eigenvalue weighted by Crippen LogP contribution is -2.30. The highest BCUT2D eigenvalue weighted by Gasteiger charge is 2.27. The Morgan fingerprint density at radius 2 is 2.00 bits per heavy atom. The van der Waals surface area contributed by atoms with Crippen molar-refractivity contribution in [2.24, 2.45) is 0 Å². The molecule has 2 aromatic heterocycles. The van der Waals surface area contributed by atoms with Gasteiger partial charge < -0.3 is 4.90 Å². The Bertz CT molecular complexity index is 824. The molecule has 0 bridgehead atoms. The number of fused-ring (bicyclic) bond motifs is 3. The Morgan fingerprint density at radius 1 is 1.21 bits per heavy atom. The first-order chi connectivity index (χ1) is 11.7. The fourth-order valence-corrected chi connectivity index (χ4v) is 4.78. The number of anilines is 1. The fraction of sp³-hybridized carbons (Fsp3) is 0.500. The number of thioether (sulfide) groups is 1. The van der Waals surface area contributed by atoms with Crippen LogP contribution in [0.4, 0.5) is 5.69 Å². The third-order valence-electron chi connectivity index (χ3n) is 5.04. The van der Waals surface area contributed by atoms with Crippen LogP contribution in [0.1, 0.15) is 43.7 Å². The molecule has 2 aliphatic rings. The molecule has 0 N–H and O–H groups in total. The molecule has 0 atom stereocenters. The summed E-state index contributed by atoms with van der Waals surface area (Å²) in [5.41, 5.74) is 3.89. The molecule has 0 saturated heterocycles. The maximum absolute atomic E-state index is 13.1. The van der Waals surface area contributed by atoms with Crippen LogP contribution in [-0.2, 0) is 5.75 Å². The van der Waals surface area contributed by atoms with Gasteiger partial charge in [-0.3, -0.25) is 14.3 Å². The Morgan fingerprint density at radius 3 is 2.75 bits per heavy atom. The number of nitrogens with zero attached hydrogens (tertiary/aromatic N) is 4. The number of hydrogen-bond donors (Lipinski definition) is 0. The lowest BCUT2D eigenvalue weighted by molar-refractivity contribution is 0.343. The van der Waals surface area contributed by atoms with E-state index in [1.807, 2.05) is 36.0 Å². The molecule has 0 unspecified atom stereocenters. The maximum atomic E-state index is 13.1. The van der Waals surface area contributed by atoms with Crippen LogP contribution in [0.15, 0.2) is 28.4 Å². The summed E-state index contributed by atoms with van der Waals surface area (Å²) < 4.78 is 1.89. The first kappa shape index (κ1) is 15.7. The molecule has 1 aliphatic carbocycles. The van der Waals surface area contributed by atoms with E-state index in [-0.39, 0.29) is 5.56 Å². The zero-order valence-corrected chi connectivity index (χ0v) is 15.0. The topological polar surface area (TPSA) is 51.0 Å². The van der Waals surface area contributed by atoms with E-state index in [4.69, 9.17) is 4.98 Å². The van der Waals surface area contributed by atoms with Crippen LogP contribution in [0, 0.1) is 0 Å². The van der Waals surface area contributed by atoms with Crippen molar-refractivity contribution >= 4 is 17.4 Å². The lowest BCUT2D eigenvalue weighted by Gasteiger charge is -2.27. The summed E-state index contributed by atoms with van der Waals surface area (Å²) in [7, 11) is 4.00. The van der Waals surface area contributed by atoms with Gasteiger partial charge in [0, 0.05) is 42.5 Å². The van der Waals surface area contributed by atoms with E-state index >= 15 is 0 Å². The quantitative estimate of drug-likeness (QED) is 0.836. The van der Waals surface area contributed by atoms with Gasteiger partial charge in [0.2, 0.25) is 0 Å². The van der Waals surface area contributed by atoms with Crippen molar-refractivity contribution in [1.82, 2.24) is 14.5 Å². The van der Waals surface area contributed by atoms with Gasteiger partial charge in [-0.25, -0.2) is 4.98 Å². The largest absolute Gasteiger partial charge is 0.376 e. The molecule has 1 aliphatic heterocycles. The van der Waals surface area contributed by atoms with E-state index in [1.54, 1.807) is 18.1 Å². The molecule has 24 heavy (non-hydrogen) atoms. The standard InChI is InChI=1S/C18H22N4OS/c1-21(2)14-8-19-9-15-16(14)17-13(10-24-15)18(23)22(11-20-17)12-6-4-3-5-7-12/h8-9,11-12H,3-7,10H2,1-2H3. The van der Waals surface area contributed by atoms with Gasteiger partial charge in [0.15, 0.2) is 0 Å². The smallest absolute Gasteiger partial charge is 0.258 e. The molecule has 3 heterocycles. The van der Waals surface area contributed by atoms with E-state index in [2.05, 4.69) is 4.98 Å². The fourth-order valence-electron chi connectivity index (χ4n) is 3.74. The van der Waals surface area contributed by atoms with Crippen LogP contribution < -0.4 is 10.5 Å². The predicted octanol–water partition coefficient (Wildman–Crippen LogP) is 3.48. The van der Waals surface area contributed by atoms with E-state index in [0.717, 1.165) is 40.2 Å². The second-order valence-electron chi connectivity index (χ2n) is 6.79. The van der Waals surface area contributed by atoms with Crippen LogP contribution in [0.2, 0.25) is 0 Å². The highest BCUT2D eigenvalue weighted by molar-refractivity contribution is 7.98. The summed E-state index contributed by atoms with van der Waals surface area (Å²) in [6, 6.07) is 0.321. The minimum absolute atomic E-state index is 0.145. The highest BCUT2D eigenvalue weighted by Crippen LogP contribution is 2.43. The van der Waals surface area contributed by atoms with Crippen molar-refractivity contribution in [3.05, 3.63) is 34.6 Å². The summed E-state index contributed by atoms with van der Waals surface area (Å²) in [5.74, 6) is 0.681. The summed E-state index contributed by atoms with van der Waals surface area (Å²) in [6.45, 7) is 0. The Kier molecular flexibility index (Phi) is 4.08. The second-order valence-corrected chi connectivity index (χ2v) is 7.81. The number of rotatable bonds is 2. The third kappa shape index (κ3) is 2.53. The first-order valence-corrected chi connectivity index (χ1v) is 9.54. The van der Waals surface area contributed by atoms with Gasteiger partial charge in [0.1, 0.15) is 0 Å². The van der Waals surface area contributed by atoms with E-state index < -0.39 is 0 Å². The van der Waals surface area contributed by atoms with Crippen LogP contribution in [-0.4, -0.2) is 28.6 Å². The molecule has 2 aromatic rings. The van der Waals surface area contributed by atoms with Gasteiger partial charge in [-0.1, -0.05) is 19.3 Å².